The van der Waals surface area contributed by atoms with Crippen LogP contribution in [0.15, 0.2) is 54.6 Å². The number of hydrogen-bond donors (Lipinski definition) is 1. The standard InChI is InChI=1S/C23H30N2O3/c1-18(2)13-15-25(19(3)26)16-14-23(27)24-21-9-11-22(12-10-21)28-17-20-7-5-4-6-8-20/h4-12,18H,13-17H2,1-3H3,(H,24,27). The first-order chi connectivity index (χ1) is 13.4. The highest BCUT2D eigenvalue weighted by Crippen LogP contribution is 2.17. The number of rotatable bonds is 10. The first kappa shape index (κ1) is 21.5. The van der Waals surface area contributed by atoms with Crippen LogP contribution in [-0.2, 0) is 16.2 Å². The van der Waals surface area contributed by atoms with Crippen LogP contribution in [0, 0.1) is 5.92 Å². The number of nitrogens with zero attached hydrogens (tertiary/aromatic N) is 1. The molecule has 2 aromatic rings. The van der Waals surface area contributed by atoms with Gasteiger partial charge in [-0.1, -0.05) is 44.2 Å². The van der Waals surface area contributed by atoms with E-state index in [2.05, 4.69) is 19.2 Å². The summed E-state index contributed by atoms with van der Waals surface area (Å²) in [4.78, 5) is 25.6. The van der Waals surface area contributed by atoms with Crippen LogP contribution in [0.2, 0.25) is 0 Å². The topological polar surface area (TPSA) is 58.6 Å². The van der Waals surface area contributed by atoms with Gasteiger partial charge in [0.15, 0.2) is 0 Å². The van der Waals surface area contributed by atoms with E-state index in [0.717, 1.165) is 17.7 Å². The number of carbonyl (C=O) groups is 2. The van der Waals surface area contributed by atoms with Crippen molar-refractivity contribution in [1.29, 1.82) is 0 Å². The number of ether oxygens (including phenoxy) is 1. The molecule has 0 aliphatic carbocycles. The van der Waals surface area contributed by atoms with Gasteiger partial charge in [-0.15, -0.1) is 0 Å². The van der Waals surface area contributed by atoms with E-state index in [1.165, 1.54) is 0 Å². The fraction of sp³-hybridized carbons (Fsp3) is 0.391. The lowest BCUT2D eigenvalue weighted by molar-refractivity contribution is -0.129. The van der Waals surface area contributed by atoms with Crippen LogP contribution in [-0.4, -0.2) is 29.8 Å². The Kier molecular flexibility index (Phi) is 8.53. The van der Waals surface area contributed by atoms with E-state index >= 15 is 0 Å². The maximum absolute atomic E-state index is 12.2. The predicted molar refractivity (Wildman–Crippen MR) is 112 cm³/mol. The summed E-state index contributed by atoms with van der Waals surface area (Å²) in [6.07, 6.45) is 1.22. The van der Waals surface area contributed by atoms with Crippen molar-refractivity contribution in [2.45, 2.75) is 40.2 Å². The van der Waals surface area contributed by atoms with E-state index in [1.54, 1.807) is 11.8 Å². The van der Waals surface area contributed by atoms with Gasteiger partial charge in [0.05, 0.1) is 0 Å². The first-order valence-corrected chi connectivity index (χ1v) is 9.76. The lowest BCUT2D eigenvalue weighted by Gasteiger charge is -2.21. The minimum atomic E-state index is -0.103. The second-order valence-corrected chi connectivity index (χ2v) is 7.29. The molecule has 0 spiro atoms. The van der Waals surface area contributed by atoms with Gasteiger partial charge in [0.25, 0.3) is 0 Å². The summed E-state index contributed by atoms with van der Waals surface area (Å²) >= 11 is 0. The highest BCUT2D eigenvalue weighted by atomic mass is 16.5. The van der Waals surface area contributed by atoms with Crippen LogP contribution in [0.1, 0.15) is 39.2 Å². The van der Waals surface area contributed by atoms with Crippen molar-refractivity contribution in [2.75, 3.05) is 18.4 Å². The average Bonchev–Trinajstić information content (AvgIpc) is 2.67. The van der Waals surface area contributed by atoms with E-state index in [1.807, 2.05) is 54.6 Å². The van der Waals surface area contributed by atoms with Crippen LogP contribution < -0.4 is 10.1 Å². The molecule has 2 rings (SSSR count). The molecule has 0 heterocycles. The Bertz CT molecular complexity index is 742. The molecule has 5 nitrogen and oxygen atoms in total. The van der Waals surface area contributed by atoms with Crippen molar-refractivity contribution in [3.05, 3.63) is 60.2 Å². The van der Waals surface area contributed by atoms with Gasteiger partial charge >= 0.3 is 0 Å². The quantitative estimate of drug-likeness (QED) is 0.659. The van der Waals surface area contributed by atoms with Gasteiger partial charge in [-0.25, -0.2) is 0 Å². The minimum Gasteiger partial charge on any atom is -0.489 e. The van der Waals surface area contributed by atoms with E-state index in [0.29, 0.717) is 31.3 Å². The van der Waals surface area contributed by atoms with Crippen LogP contribution in [0.25, 0.3) is 0 Å². The van der Waals surface area contributed by atoms with Gasteiger partial charge in [0.1, 0.15) is 12.4 Å². The van der Waals surface area contributed by atoms with Gasteiger partial charge in [-0.2, -0.15) is 0 Å². The van der Waals surface area contributed by atoms with Crippen molar-refractivity contribution >= 4 is 17.5 Å². The zero-order chi connectivity index (χ0) is 20.4. The molecular formula is C23H30N2O3. The van der Waals surface area contributed by atoms with Crippen molar-refractivity contribution in [3.8, 4) is 5.75 Å². The summed E-state index contributed by atoms with van der Waals surface area (Å²) in [6.45, 7) is 7.42. The summed E-state index contributed by atoms with van der Waals surface area (Å²) in [7, 11) is 0. The Balaban J connectivity index is 1.77. The van der Waals surface area contributed by atoms with Gasteiger partial charge < -0.3 is 15.0 Å². The lowest BCUT2D eigenvalue weighted by atomic mass is 10.1. The lowest BCUT2D eigenvalue weighted by Crippen LogP contribution is -2.33. The molecule has 0 aliphatic heterocycles. The third kappa shape index (κ3) is 7.82. The zero-order valence-corrected chi connectivity index (χ0v) is 17.0. The summed E-state index contributed by atoms with van der Waals surface area (Å²) in [5.41, 5.74) is 1.82. The molecule has 0 bridgehead atoms. The molecule has 150 valence electrons. The normalized spacial score (nSPS) is 10.6. The average molecular weight is 383 g/mol. The Morgan fingerprint density at radius 3 is 2.29 bits per heavy atom. The molecule has 2 amide bonds. The maximum atomic E-state index is 12.2. The maximum Gasteiger partial charge on any atom is 0.226 e. The smallest absolute Gasteiger partial charge is 0.226 e. The van der Waals surface area contributed by atoms with Crippen molar-refractivity contribution in [3.63, 3.8) is 0 Å². The molecule has 0 radical (unpaired) electrons. The Hall–Kier alpha value is -2.82. The van der Waals surface area contributed by atoms with Gasteiger partial charge in [-0.05, 0) is 42.2 Å². The van der Waals surface area contributed by atoms with Crippen LogP contribution in [0.5, 0.6) is 5.75 Å². The molecule has 0 saturated heterocycles. The Labute approximate surface area is 167 Å². The second-order valence-electron chi connectivity index (χ2n) is 7.29. The fourth-order valence-corrected chi connectivity index (χ4v) is 2.68. The monoisotopic (exact) mass is 382 g/mol. The Morgan fingerprint density at radius 1 is 1.00 bits per heavy atom. The van der Waals surface area contributed by atoms with Crippen molar-refractivity contribution in [2.24, 2.45) is 5.92 Å². The highest BCUT2D eigenvalue weighted by molar-refractivity contribution is 5.91. The van der Waals surface area contributed by atoms with Gasteiger partial charge in [0, 0.05) is 32.1 Å². The van der Waals surface area contributed by atoms with E-state index < -0.39 is 0 Å². The van der Waals surface area contributed by atoms with Crippen LogP contribution in [0.3, 0.4) is 0 Å². The fourth-order valence-electron chi connectivity index (χ4n) is 2.68. The first-order valence-electron chi connectivity index (χ1n) is 9.76. The molecule has 5 heteroatoms. The van der Waals surface area contributed by atoms with E-state index in [9.17, 15) is 9.59 Å². The highest BCUT2D eigenvalue weighted by Gasteiger charge is 2.12. The number of nitrogens with one attached hydrogen (secondary N) is 1. The summed E-state index contributed by atoms with van der Waals surface area (Å²) < 4.78 is 5.75. The molecule has 0 aromatic heterocycles. The third-order valence-corrected chi connectivity index (χ3v) is 4.42. The molecule has 0 saturated carbocycles. The van der Waals surface area contributed by atoms with Crippen LogP contribution >= 0.6 is 0 Å². The Morgan fingerprint density at radius 2 is 1.68 bits per heavy atom. The van der Waals surface area contributed by atoms with E-state index in [4.69, 9.17) is 4.74 Å². The van der Waals surface area contributed by atoms with E-state index in [-0.39, 0.29) is 18.2 Å². The number of amides is 2. The number of hydrogen-bond acceptors (Lipinski definition) is 3. The summed E-state index contributed by atoms with van der Waals surface area (Å²) in [6, 6.07) is 17.3. The molecule has 2 aromatic carbocycles. The zero-order valence-electron chi connectivity index (χ0n) is 17.0. The molecule has 1 N–H and O–H groups in total. The molecule has 0 atom stereocenters. The van der Waals surface area contributed by atoms with Crippen molar-refractivity contribution in [1.82, 2.24) is 4.90 Å². The number of carbonyl (C=O) groups excluding carboxylic acids is 2. The molecule has 0 aliphatic rings. The largest absolute Gasteiger partial charge is 0.489 e. The summed E-state index contributed by atoms with van der Waals surface area (Å²) in [5.74, 6) is 1.18. The van der Waals surface area contributed by atoms with Crippen molar-refractivity contribution < 1.29 is 14.3 Å². The molecule has 28 heavy (non-hydrogen) atoms. The summed E-state index contributed by atoms with van der Waals surface area (Å²) in [5, 5.41) is 2.87. The van der Waals surface area contributed by atoms with Crippen LogP contribution in [0.4, 0.5) is 5.69 Å². The molecular weight excluding hydrogens is 352 g/mol. The molecule has 0 unspecified atom stereocenters. The SMILES string of the molecule is CC(=O)N(CCC(=O)Nc1ccc(OCc2ccccc2)cc1)CCC(C)C. The second kappa shape index (κ2) is 11.1. The third-order valence-electron chi connectivity index (χ3n) is 4.42. The van der Waals surface area contributed by atoms with Gasteiger partial charge in [-0.3, -0.25) is 9.59 Å². The number of benzene rings is 2. The molecule has 0 fully saturated rings. The number of anilines is 1. The minimum absolute atomic E-state index is 0.00775. The van der Waals surface area contributed by atoms with Gasteiger partial charge in [0.2, 0.25) is 11.8 Å². The predicted octanol–water partition coefficient (Wildman–Crippen LogP) is 4.49.